The molecule has 0 aliphatic heterocycles. The molecule has 0 spiro atoms. The lowest BCUT2D eigenvalue weighted by molar-refractivity contribution is -0.115. The highest BCUT2D eigenvalue weighted by Crippen LogP contribution is 2.22. The first-order chi connectivity index (χ1) is 12.4. The highest BCUT2D eigenvalue weighted by atomic mass is 35.5. The summed E-state index contributed by atoms with van der Waals surface area (Å²) in [7, 11) is 0. The van der Waals surface area contributed by atoms with Gasteiger partial charge in [0, 0.05) is 11.3 Å². The number of halogens is 2. The molecule has 0 saturated carbocycles. The summed E-state index contributed by atoms with van der Waals surface area (Å²) in [5, 5.41) is 5.69. The molecule has 2 amide bonds. The second-order valence-electron chi connectivity index (χ2n) is 5.16. The quantitative estimate of drug-likeness (QED) is 0.733. The number of nitrogens with one attached hydrogen (secondary N) is 2. The summed E-state index contributed by atoms with van der Waals surface area (Å²) in [6.45, 7) is 1.79. The molecule has 0 heterocycles. The van der Waals surface area contributed by atoms with Crippen molar-refractivity contribution in [3.05, 3.63) is 63.6 Å². The molecule has 0 saturated heterocycles. The van der Waals surface area contributed by atoms with Gasteiger partial charge in [0.25, 0.3) is 5.91 Å². The molecule has 0 aliphatic rings. The van der Waals surface area contributed by atoms with E-state index in [2.05, 4.69) is 10.6 Å². The van der Waals surface area contributed by atoms with Crippen molar-refractivity contribution in [1.82, 2.24) is 5.32 Å². The minimum atomic E-state index is -0.448. The second-order valence-corrected chi connectivity index (χ2v) is 5.97. The summed E-state index contributed by atoms with van der Waals surface area (Å²) < 4.78 is 4.88. The number of amides is 2. The number of esters is 1. The predicted molar refractivity (Wildman–Crippen MR) is 99.8 cm³/mol. The Hall–Kier alpha value is -2.57. The van der Waals surface area contributed by atoms with E-state index >= 15 is 0 Å². The molecule has 2 N–H and O–H groups in total. The van der Waals surface area contributed by atoms with Gasteiger partial charge in [-0.2, -0.15) is 0 Å². The monoisotopic (exact) mass is 394 g/mol. The van der Waals surface area contributed by atoms with Crippen LogP contribution in [0.1, 0.15) is 27.6 Å². The van der Waals surface area contributed by atoms with Crippen LogP contribution in [0.25, 0.3) is 0 Å². The maximum absolute atomic E-state index is 12.0. The molecule has 2 aromatic rings. The third-order valence-electron chi connectivity index (χ3n) is 3.27. The highest BCUT2D eigenvalue weighted by molar-refractivity contribution is 6.42. The van der Waals surface area contributed by atoms with Gasteiger partial charge in [-0.1, -0.05) is 23.2 Å². The number of carbonyl (C=O) groups is 3. The molecule has 2 aromatic carbocycles. The number of ether oxygens (including phenoxy) is 1. The summed E-state index contributed by atoms with van der Waals surface area (Å²) >= 11 is 11.7. The second kappa shape index (κ2) is 9.22. The fourth-order valence-electron chi connectivity index (χ4n) is 2.01. The van der Waals surface area contributed by atoms with E-state index in [1.807, 2.05) is 0 Å². The van der Waals surface area contributed by atoms with Crippen LogP contribution in [0.15, 0.2) is 42.5 Å². The van der Waals surface area contributed by atoms with Crippen LogP contribution >= 0.6 is 23.2 Å². The first-order valence-corrected chi connectivity index (χ1v) is 8.46. The standard InChI is InChI=1S/C18H16Cl2N2O4/c1-2-26-18(25)11-3-6-13(7-4-11)22-16(23)10-21-17(24)12-5-8-14(19)15(20)9-12/h3-9H,2,10H2,1H3,(H,21,24)(H,22,23). The lowest BCUT2D eigenvalue weighted by atomic mass is 10.2. The van der Waals surface area contributed by atoms with E-state index in [-0.39, 0.29) is 18.2 Å². The van der Waals surface area contributed by atoms with E-state index in [1.165, 1.54) is 18.2 Å². The first kappa shape index (κ1) is 19.8. The molecule has 0 aliphatic carbocycles. The lowest BCUT2D eigenvalue weighted by Gasteiger charge is -2.08. The van der Waals surface area contributed by atoms with Crippen LogP contribution < -0.4 is 10.6 Å². The maximum Gasteiger partial charge on any atom is 0.338 e. The highest BCUT2D eigenvalue weighted by Gasteiger charge is 2.11. The molecule has 0 unspecified atom stereocenters. The van der Waals surface area contributed by atoms with Crippen LogP contribution in [0.2, 0.25) is 10.0 Å². The van der Waals surface area contributed by atoms with E-state index in [0.717, 1.165) is 0 Å². The van der Waals surface area contributed by atoms with Crippen molar-refractivity contribution in [3.8, 4) is 0 Å². The van der Waals surface area contributed by atoms with Gasteiger partial charge in [0.2, 0.25) is 5.91 Å². The fourth-order valence-corrected chi connectivity index (χ4v) is 2.31. The van der Waals surface area contributed by atoms with E-state index < -0.39 is 17.8 Å². The van der Waals surface area contributed by atoms with Gasteiger partial charge in [-0.05, 0) is 49.4 Å². The van der Waals surface area contributed by atoms with Gasteiger partial charge in [0.15, 0.2) is 0 Å². The minimum absolute atomic E-state index is 0.224. The normalized spacial score (nSPS) is 10.1. The Morgan fingerprint density at radius 1 is 0.962 bits per heavy atom. The molecule has 0 atom stereocenters. The molecule has 8 heteroatoms. The van der Waals surface area contributed by atoms with Crippen LogP contribution in [-0.2, 0) is 9.53 Å². The smallest absolute Gasteiger partial charge is 0.338 e. The van der Waals surface area contributed by atoms with Crippen molar-refractivity contribution in [3.63, 3.8) is 0 Å². The van der Waals surface area contributed by atoms with Crippen LogP contribution in [0.5, 0.6) is 0 Å². The van der Waals surface area contributed by atoms with E-state index in [0.29, 0.717) is 21.8 Å². The van der Waals surface area contributed by atoms with Crippen LogP contribution in [0, 0.1) is 0 Å². The minimum Gasteiger partial charge on any atom is -0.462 e. The Labute approximate surface area is 160 Å². The summed E-state index contributed by atoms with van der Waals surface area (Å²) in [5.74, 6) is -1.29. The van der Waals surface area contributed by atoms with Crippen LogP contribution in [0.4, 0.5) is 5.69 Å². The molecule has 26 heavy (non-hydrogen) atoms. The molecule has 0 bridgehead atoms. The van der Waals surface area contributed by atoms with E-state index in [1.54, 1.807) is 31.2 Å². The van der Waals surface area contributed by atoms with Gasteiger partial charge in [0.1, 0.15) is 0 Å². The van der Waals surface area contributed by atoms with Crippen molar-refractivity contribution >= 4 is 46.7 Å². The number of benzene rings is 2. The molecule has 136 valence electrons. The van der Waals surface area contributed by atoms with Crippen molar-refractivity contribution < 1.29 is 19.1 Å². The number of hydrogen-bond acceptors (Lipinski definition) is 4. The van der Waals surface area contributed by atoms with Crippen molar-refractivity contribution in [2.75, 3.05) is 18.5 Å². The average molecular weight is 395 g/mol. The van der Waals surface area contributed by atoms with E-state index in [9.17, 15) is 14.4 Å². The zero-order chi connectivity index (χ0) is 19.1. The molecule has 2 rings (SSSR count). The Morgan fingerprint density at radius 2 is 1.62 bits per heavy atom. The molecule has 6 nitrogen and oxygen atoms in total. The number of rotatable bonds is 6. The SMILES string of the molecule is CCOC(=O)c1ccc(NC(=O)CNC(=O)c2ccc(Cl)c(Cl)c2)cc1. The van der Waals surface area contributed by atoms with Crippen LogP contribution in [0.3, 0.4) is 0 Å². The third-order valence-corrected chi connectivity index (χ3v) is 4.01. The van der Waals surface area contributed by atoms with Gasteiger partial charge in [-0.3, -0.25) is 9.59 Å². The lowest BCUT2D eigenvalue weighted by Crippen LogP contribution is -2.32. The van der Waals surface area contributed by atoms with E-state index in [4.69, 9.17) is 27.9 Å². The Bertz CT molecular complexity index is 822. The topological polar surface area (TPSA) is 84.5 Å². The van der Waals surface area contributed by atoms with Gasteiger partial charge in [-0.25, -0.2) is 4.79 Å². The maximum atomic E-state index is 12.0. The molecule has 0 radical (unpaired) electrons. The summed E-state index contributed by atoms with van der Waals surface area (Å²) in [4.78, 5) is 35.5. The first-order valence-electron chi connectivity index (χ1n) is 7.71. The van der Waals surface area contributed by atoms with Gasteiger partial charge in [-0.15, -0.1) is 0 Å². The summed E-state index contributed by atoms with van der Waals surface area (Å²) in [5.41, 5.74) is 1.18. The number of carbonyl (C=O) groups excluding carboxylic acids is 3. The summed E-state index contributed by atoms with van der Waals surface area (Å²) in [6, 6.07) is 10.7. The predicted octanol–water partition coefficient (Wildman–Crippen LogP) is 3.54. The zero-order valence-corrected chi connectivity index (χ0v) is 15.4. The number of hydrogen-bond donors (Lipinski definition) is 2. The van der Waals surface area contributed by atoms with Crippen molar-refractivity contribution in [2.45, 2.75) is 6.92 Å². The largest absolute Gasteiger partial charge is 0.462 e. The number of anilines is 1. The summed E-state index contributed by atoms with van der Waals surface area (Å²) in [6.07, 6.45) is 0. The Morgan fingerprint density at radius 3 is 2.23 bits per heavy atom. The Balaban J connectivity index is 1.87. The van der Waals surface area contributed by atoms with Gasteiger partial charge in [0.05, 0.1) is 28.8 Å². The fraction of sp³-hybridized carbons (Fsp3) is 0.167. The van der Waals surface area contributed by atoms with Gasteiger partial charge < -0.3 is 15.4 Å². The molecule has 0 aromatic heterocycles. The average Bonchev–Trinajstić information content (AvgIpc) is 2.62. The molecular formula is C18H16Cl2N2O4. The zero-order valence-electron chi connectivity index (χ0n) is 13.8. The molecular weight excluding hydrogens is 379 g/mol. The van der Waals surface area contributed by atoms with Gasteiger partial charge >= 0.3 is 5.97 Å². The Kier molecular flexibility index (Phi) is 7.00. The molecule has 0 fully saturated rings. The van der Waals surface area contributed by atoms with Crippen molar-refractivity contribution in [1.29, 1.82) is 0 Å². The van der Waals surface area contributed by atoms with Crippen molar-refractivity contribution in [2.24, 2.45) is 0 Å². The van der Waals surface area contributed by atoms with Crippen LogP contribution in [-0.4, -0.2) is 30.9 Å². The third kappa shape index (κ3) is 5.47.